The number of carbonyl (C=O) groups excluding carboxylic acids is 1. The van der Waals surface area contributed by atoms with Gasteiger partial charge in [-0.15, -0.1) is 0 Å². The van der Waals surface area contributed by atoms with Crippen molar-refractivity contribution in [3.8, 4) is 6.07 Å². The zero-order valence-electron chi connectivity index (χ0n) is 10.1. The Balaban J connectivity index is 1.99. The summed E-state index contributed by atoms with van der Waals surface area (Å²) in [7, 11) is 1.72. The highest BCUT2D eigenvalue weighted by atomic mass is 32.2. The van der Waals surface area contributed by atoms with E-state index in [-0.39, 0.29) is 12.5 Å². The fourth-order valence-electron chi connectivity index (χ4n) is 1.92. The van der Waals surface area contributed by atoms with Crippen molar-refractivity contribution in [3.05, 3.63) is 23.5 Å². The first-order valence-corrected chi connectivity index (χ1v) is 6.84. The Morgan fingerprint density at radius 1 is 1.78 bits per heavy atom. The maximum atomic E-state index is 11.9. The van der Waals surface area contributed by atoms with Gasteiger partial charge in [-0.2, -0.15) is 17.0 Å². The molecule has 2 N–H and O–H groups in total. The minimum Gasteiger partial charge on any atom is -0.387 e. The summed E-state index contributed by atoms with van der Waals surface area (Å²) in [5.74, 6) is 1.32. The van der Waals surface area contributed by atoms with Gasteiger partial charge in [0.2, 0.25) is 0 Å². The molecule has 0 bridgehead atoms. The van der Waals surface area contributed by atoms with Crippen LogP contribution in [0.1, 0.15) is 22.5 Å². The van der Waals surface area contributed by atoms with Crippen molar-refractivity contribution in [2.24, 2.45) is 7.05 Å². The van der Waals surface area contributed by atoms with Gasteiger partial charge < -0.3 is 15.0 Å². The first-order chi connectivity index (χ1) is 8.54. The molecule has 0 spiro atoms. The van der Waals surface area contributed by atoms with Crippen molar-refractivity contribution >= 4 is 17.7 Å². The number of carbonyl (C=O) groups is 1. The molecule has 1 saturated heterocycles. The largest absolute Gasteiger partial charge is 0.387 e. The monoisotopic (exact) mass is 265 g/mol. The van der Waals surface area contributed by atoms with Crippen LogP contribution in [0.3, 0.4) is 0 Å². The van der Waals surface area contributed by atoms with Gasteiger partial charge in [0.1, 0.15) is 11.8 Å². The van der Waals surface area contributed by atoms with E-state index in [1.54, 1.807) is 35.6 Å². The van der Waals surface area contributed by atoms with Gasteiger partial charge in [-0.05, 0) is 18.2 Å². The van der Waals surface area contributed by atoms with Crippen LogP contribution in [0.5, 0.6) is 0 Å². The quantitative estimate of drug-likeness (QED) is 0.834. The second kappa shape index (κ2) is 5.04. The molecule has 1 amide bonds. The van der Waals surface area contributed by atoms with Crippen LogP contribution >= 0.6 is 11.8 Å². The number of aromatic nitrogens is 1. The molecule has 5 nitrogen and oxygen atoms in total. The topological polar surface area (TPSA) is 78.0 Å². The first-order valence-electron chi connectivity index (χ1n) is 5.69. The summed E-state index contributed by atoms with van der Waals surface area (Å²) in [6.45, 7) is 0.256. The molecule has 1 fully saturated rings. The molecule has 96 valence electrons. The standard InChI is InChI=1S/C12H15N3O2S/c1-15-6-9(5-13)4-10(15)11(16)14-7-12(17)2-3-18-8-12/h4,6,17H,2-3,7-8H2,1H3,(H,14,16). The van der Waals surface area contributed by atoms with Crippen molar-refractivity contribution < 1.29 is 9.90 Å². The summed E-state index contributed by atoms with van der Waals surface area (Å²) in [6, 6.07) is 3.54. The zero-order valence-corrected chi connectivity index (χ0v) is 11.0. The van der Waals surface area contributed by atoms with Crippen LogP contribution in [0, 0.1) is 11.3 Å². The average molecular weight is 265 g/mol. The number of hydrogen-bond acceptors (Lipinski definition) is 4. The molecule has 2 rings (SSSR count). The molecule has 1 unspecified atom stereocenters. The molecule has 0 saturated carbocycles. The molecule has 18 heavy (non-hydrogen) atoms. The third kappa shape index (κ3) is 2.68. The molecule has 0 aromatic carbocycles. The lowest BCUT2D eigenvalue weighted by atomic mass is 10.0. The third-order valence-electron chi connectivity index (χ3n) is 3.03. The van der Waals surface area contributed by atoms with E-state index in [2.05, 4.69) is 5.32 Å². The summed E-state index contributed by atoms with van der Waals surface area (Å²) >= 11 is 1.69. The molecule has 1 aliphatic heterocycles. The Hall–Kier alpha value is -1.45. The van der Waals surface area contributed by atoms with Crippen LogP contribution in [-0.2, 0) is 7.05 Å². The summed E-state index contributed by atoms with van der Waals surface area (Å²) < 4.78 is 1.61. The Morgan fingerprint density at radius 3 is 3.11 bits per heavy atom. The van der Waals surface area contributed by atoms with Gasteiger partial charge >= 0.3 is 0 Å². The Kier molecular flexibility index (Phi) is 3.64. The number of nitrogens with zero attached hydrogens (tertiary/aromatic N) is 2. The van der Waals surface area contributed by atoms with Crippen LogP contribution in [0.25, 0.3) is 0 Å². The number of thioether (sulfide) groups is 1. The van der Waals surface area contributed by atoms with Gasteiger partial charge in [-0.3, -0.25) is 4.79 Å². The van der Waals surface area contributed by atoms with E-state index in [1.807, 2.05) is 6.07 Å². The highest BCUT2D eigenvalue weighted by molar-refractivity contribution is 7.99. The lowest BCUT2D eigenvalue weighted by Gasteiger charge is -2.21. The predicted octanol–water partition coefficient (Wildman–Crippen LogP) is 0.495. The third-order valence-corrected chi connectivity index (χ3v) is 4.26. The van der Waals surface area contributed by atoms with E-state index in [0.29, 0.717) is 23.4 Å². The van der Waals surface area contributed by atoms with E-state index in [0.717, 1.165) is 5.75 Å². The van der Waals surface area contributed by atoms with Gasteiger partial charge in [-0.25, -0.2) is 0 Å². The van der Waals surface area contributed by atoms with E-state index in [9.17, 15) is 9.90 Å². The number of hydrogen-bond donors (Lipinski definition) is 2. The number of rotatable bonds is 3. The highest BCUT2D eigenvalue weighted by Crippen LogP contribution is 2.27. The second-order valence-electron chi connectivity index (χ2n) is 4.55. The van der Waals surface area contributed by atoms with Gasteiger partial charge in [0.05, 0.1) is 11.2 Å². The van der Waals surface area contributed by atoms with Crippen molar-refractivity contribution in [2.75, 3.05) is 18.1 Å². The molecule has 2 heterocycles. The molecule has 0 radical (unpaired) electrons. The minimum atomic E-state index is -0.788. The van der Waals surface area contributed by atoms with Gasteiger partial charge in [0.15, 0.2) is 0 Å². The van der Waals surface area contributed by atoms with E-state index in [4.69, 9.17) is 5.26 Å². The Morgan fingerprint density at radius 2 is 2.56 bits per heavy atom. The number of nitriles is 1. The minimum absolute atomic E-state index is 0.256. The number of nitrogens with one attached hydrogen (secondary N) is 1. The Bertz CT molecular complexity index is 498. The average Bonchev–Trinajstić information content (AvgIpc) is 2.93. The van der Waals surface area contributed by atoms with Crippen LogP contribution in [0.2, 0.25) is 0 Å². The lowest BCUT2D eigenvalue weighted by molar-refractivity contribution is 0.0609. The van der Waals surface area contributed by atoms with Crippen molar-refractivity contribution in [1.29, 1.82) is 5.26 Å². The van der Waals surface area contributed by atoms with Crippen LogP contribution in [0.4, 0.5) is 0 Å². The summed E-state index contributed by atoms with van der Waals surface area (Å²) in [6.07, 6.45) is 2.31. The molecule has 1 aromatic rings. The van der Waals surface area contributed by atoms with Gasteiger partial charge in [0, 0.05) is 25.5 Å². The van der Waals surface area contributed by atoms with Crippen molar-refractivity contribution in [1.82, 2.24) is 9.88 Å². The smallest absolute Gasteiger partial charge is 0.268 e. The fraction of sp³-hybridized carbons (Fsp3) is 0.500. The summed E-state index contributed by atoms with van der Waals surface area (Å²) in [5, 5.41) is 21.6. The molecule has 0 aliphatic carbocycles. The zero-order chi connectivity index (χ0) is 13.2. The normalized spacial score (nSPS) is 22.7. The SMILES string of the molecule is Cn1cc(C#N)cc1C(=O)NCC1(O)CCSC1. The van der Waals surface area contributed by atoms with E-state index >= 15 is 0 Å². The maximum Gasteiger partial charge on any atom is 0.268 e. The number of aryl methyl sites for hydroxylation is 1. The predicted molar refractivity (Wildman–Crippen MR) is 69.4 cm³/mol. The molecular weight excluding hydrogens is 250 g/mol. The van der Waals surface area contributed by atoms with Crippen LogP contribution in [-0.4, -0.2) is 39.2 Å². The van der Waals surface area contributed by atoms with Crippen LogP contribution in [0.15, 0.2) is 12.3 Å². The first kappa shape index (κ1) is 13.0. The van der Waals surface area contributed by atoms with Crippen LogP contribution < -0.4 is 5.32 Å². The molecule has 6 heteroatoms. The Labute approximate surface area is 110 Å². The van der Waals surface area contributed by atoms with Gasteiger partial charge in [0.25, 0.3) is 5.91 Å². The lowest BCUT2D eigenvalue weighted by Crippen LogP contribution is -2.43. The molecular formula is C12H15N3O2S. The fourth-order valence-corrected chi connectivity index (χ4v) is 3.22. The second-order valence-corrected chi connectivity index (χ2v) is 5.65. The van der Waals surface area contributed by atoms with E-state index in [1.165, 1.54) is 0 Å². The molecule has 1 atom stereocenters. The van der Waals surface area contributed by atoms with Crippen molar-refractivity contribution in [2.45, 2.75) is 12.0 Å². The van der Waals surface area contributed by atoms with E-state index < -0.39 is 5.60 Å². The number of amides is 1. The summed E-state index contributed by atoms with van der Waals surface area (Å²) in [4.78, 5) is 11.9. The molecule has 1 aliphatic rings. The van der Waals surface area contributed by atoms with Gasteiger partial charge in [-0.1, -0.05) is 0 Å². The maximum absolute atomic E-state index is 11.9. The van der Waals surface area contributed by atoms with Crippen molar-refractivity contribution in [3.63, 3.8) is 0 Å². The summed E-state index contributed by atoms with van der Waals surface area (Å²) in [5.41, 5.74) is 0.0994. The molecule has 1 aromatic heterocycles. The highest BCUT2D eigenvalue weighted by Gasteiger charge is 2.32. The number of aliphatic hydroxyl groups is 1.